The van der Waals surface area contributed by atoms with Crippen LogP contribution < -0.4 is 4.90 Å². The van der Waals surface area contributed by atoms with Crippen LogP contribution in [0.15, 0.2) is 36.8 Å². The van der Waals surface area contributed by atoms with Crippen LogP contribution in [0.1, 0.15) is 23.3 Å². The van der Waals surface area contributed by atoms with Crippen molar-refractivity contribution in [2.75, 3.05) is 18.1 Å². The quantitative estimate of drug-likeness (QED) is 0.717. The number of carbonyl (C=O) groups is 1. The van der Waals surface area contributed by atoms with Gasteiger partial charge in [0.1, 0.15) is 11.5 Å². The van der Waals surface area contributed by atoms with Crippen molar-refractivity contribution in [1.82, 2.24) is 15.0 Å². The van der Waals surface area contributed by atoms with Crippen molar-refractivity contribution in [1.29, 1.82) is 0 Å². The van der Waals surface area contributed by atoms with E-state index in [4.69, 9.17) is 4.74 Å². The normalized spacial score (nSPS) is 17.1. The number of hydrogen-bond acceptors (Lipinski definition) is 6. The SMILES string of the molecule is O=C(c1cnccn1)N(CC1CCCO1)c1nc2ccc(F)cc2s1. The van der Waals surface area contributed by atoms with Gasteiger partial charge in [0.15, 0.2) is 5.13 Å². The maximum Gasteiger partial charge on any atom is 0.280 e. The molecule has 3 heterocycles. The average Bonchev–Trinajstić information content (AvgIpc) is 3.28. The van der Waals surface area contributed by atoms with Crippen LogP contribution in [-0.4, -0.2) is 40.1 Å². The molecule has 2 aromatic heterocycles. The lowest BCUT2D eigenvalue weighted by atomic mass is 10.2. The lowest BCUT2D eigenvalue weighted by Crippen LogP contribution is -2.38. The van der Waals surface area contributed by atoms with Gasteiger partial charge in [-0.15, -0.1) is 0 Å². The molecule has 1 aliphatic heterocycles. The highest BCUT2D eigenvalue weighted by Gasteiger charge is 2.27. The van der Waals surface area contributed by atoms with Crippen molar-refractivity contribution in [3.8, 4) is 0 Å². The molecule has 8 heteroatoms. The summed E-state index contributed by atoms with van der Waals surface area (Å²) in [5.41, 5.74) is 0.900. The monoisotopic (exact) mass is 358 g/mol. The maximum atomic E-state index is 13.5. The third kappa shape index (κ3) is 3.35. The molecule has 1 aliphatic rings. The van der Waals surface area contributed by atoms with E-state index in [1.165, 1.54) is 42.1 Å². The number of rotatable bonds is 4. The Labute approximate surface area is 147 Å². The zero-order valence-corrected chi connectivity index (χ0v) is 14.1. The average molecular weight is 358 g/mol. The molecule has 1 aromatic carbocycles. The van der Waals surface area contributed by atoms with Gasteiger partial charge in [0.25, 0.3) is 5.91 Å². The minimum Gasteiger partial charge on any atom is -0.376 e. The molecule has 1 saturated heterocycles. The van der Waals surface area contributed by atoms with E-state index < -0.39 is 0 Å². The molecule has 25 heavy (non-hydrogen) atoms. The van der Waals surface area contributed by atoms with E-state index in [2.05, 4.69) is 15.0 Å². The molecule has 0 aliphatic carbocycles. The van der Waals surface area contributed by atoms with E-state index >= 15 is 0 Å². The smallest absolute Gasteiger partial charge is 0.280 e. The first-order valence-electron chi connectivity index (χ1n) is 7.96. The van der Waals surface area contributed by atoms with Crippen LogP contribution in [0.5, 0.6) is 0 Å². The fraction of sp³-hybridized carbons (Fsp3) is 0.294. The maximum absolute atomic E-state index is 13.5. The van der Waals surface area contributed by atoms with E-state index in [0.29, 0.717) is 28.5 Å². The van der Waals surface area contributed by atoms with Gasteiger partial charge in [0.2, 0.25) is 0 Å². The Morgan fingerprint density at radius 1 is 1.40 bits per heavy atom. The second kappa shape index (κ2) is 6.81. The number of aromatic nitrogens is 3. The molecule has 0 bridgehead atoms. The number of hydrogen-bond donors (Lipinski definition) is 0. The van der Waals surface area contributed by atoms with E-state index in [1.807, 2.05) is 0 Å². The van der Waals surface area contributed by atoms with Crippen LogP contribution in [-0.2, 0) is 4.74 Å². The van der Waals surface area contributed by atoms with Crippen LogP contribution in [0.2, 0.25) is 0 Å². The summed E-state index contributed by atoms with van der Waals surface area (Å²) in [7, 11) is 0. The molecule has 3 aromatic rings. The zero-order valence-electron chi connectivity index (χ0n) is 13.3. The number of carbonyl (C=O) groups excluding carboxylic acids is 1. The van der Waals surface area contributed by atoms with Gasteiger partial charge in [-0.05, 0) is 31.0 Å². The molecule has 0 N–H and O–H groups in total. The standard InChI is InChI=1S/C17H15FN4O2S/c18-11-3-4-13-15(8-11)25-17(21-13)22(10-12-2-1-7-24-12)16(23)14-9-19-5-6-20-14/h3-6,8-9,12H,1-2,7,10H2. The lowest BCUT2D eigenvalue weighted by molar-refractivity contribution is 0.0913. The van der Waals surface area contributed by atoms with Gasteiger partial charge in [0.05, 0.1) is 29.1 Å². The van der Waals surface area contributed by atoms with Crippen molar-refractivity contribution >= 4 is 32.6 Å². The highest BCUT2D eigenvalue weighted by atomic mass is 32.1. The lowest BCUT2D eigenvalue weighted by Gasteiger charge is -2.22. The number of nitrogens with zero attached hydrogens (tertiary/aromatic N) is 4. The molecule has 0 saturated carbocycles. The Hall–Kier alpha value is -2.45. The van der Waals surface area contributed by atoms with Gasteiger partial charge in [0, 0.05) is 19.0 Å². The number of anilines is 1. The van der Waals surface area contributed by atoms with E-state index in [9.17, 15) is 9.18 Å². The topological polar surface area (TPSA) is 68.2 Å². The molecular weight excluding hydrogens is 343 g/mol. The summed E-state index contributed by atoms with van der Waals surface area (Å²) >= 11 is 1.28. The number of ether oxygens (including phenoxy) is 1. The number of fused-ring (bicyclic) bond motifs is 1. The van der Waals surface area contributed by atoms with Crippen molar-refractivity contribution in [3.05, 3.63) is 48.3 Å². The summed E-state index contributed by atoms with van der Waals surface area (Å²) in [5, 5.41) is 0.506. The zero-order chi connectivity index (χ0) is 17.2. The molecule has 1 amide bonds. The Kier molecular flexibility index (Phi) is 4.37. The summed E-state index contributed by atoms with van der Waals surface area (Å²) in [6.45, 7) is 1.08. The minimum atomic E-state index is -0.325. The van der Waals surface area contributed by atoms with Gasteiger partial charge in [-0.1, -0.05) is 11.3 Å². The summed E-state index contributed by atoms with van der Waals surface area (Å²) in [4.78, 5) is 27.0. The number of thiazole rings is 1. The van der Waals surface area contributed by atoms with Crippen molar-refractivity contribution in [3.63, 3.8) is 0 Å². The van der Waals surface area contributed by atoms with Crippen LogP contribution in [0, 0.1) is 5.82 Å². The van der Waals surface area contributed by atoms with Gasteiger partial charge < -0.3 is 4.74 Å². The molecule has 1 atom stereocenters. The number of halogens is 1. The van der Waals surface area contributed by atoms with Gasteiger partial charge in [-0.3, -0.25) is 14.7 Å². The van der Waals surface area contributed by atoms with E-state index in [0.717, 1.165) is 12.8 Å². The van der Waals surface area contributed by atoms with Gasteiger partial charge in [-0.25, -0.2) is 14.4 Å². The van der Waals surface area contributed by atoms with Crippen molar-refractivity contribution < 1.29 is 13.9 Å². The third-order valence-electron chi connectivity index (χ3n) is 4.01. The molecule has 6 nitrogen and oxygen atoms in total. The Balaban J connectivity index is 1.71. The second-order valence-electron chi connectivity index (χ2n) is 5.75. The Bertz CT molecular complexity index is 896. The predicted molar refractivity (Wildman–Crippen MR) is 92.3 cm³/mol. The fourth-order valence-corrected chi connectivity index (χ4v) is 3.79. The summed E-state index contributed by atoms with van der Waals surface area (Å²) in [6.07, 6.45) is 6.25. The highest BCUT2D eigenvalue weighted by Crippen LogP contribution is 2.31. The number of amides is 1. The second-order valence-corrected chi connectivity index (χ2v) is 6.76. The van der Waals surface area contributed by atoms with Gasteiger partial charge in [-0.2, -0.15) is 0 Å². The van der Waals surface area contributed by atoms with E-state index in [-0.39, 0.29) is 23.5 Å². The first-order valence-corrected chi connectivity index (χ1v) is 8.78. The Morgan fingerprint density at radius 3 is 3.08 bits per heavy atom. The molecule has 4 rings (SSSR count). The first kappa shape index (κ1) is 16.0. The largest absolute Gasteiger partial charge is 0.376 e. The molecule has 128 valence electrons. The van der Waals surface area contributed by atoms with Crippen molar-refractivity contribution in [2.24, 2.45) is 0 Å². The highest BCUT2D eigenvalue weighted by molar-refractivity contribution is 7.22. The summed E-state index contributed by atoms with van der Waals surface area (Å²) in [6, 6.07) is 4.40. The number of benzene rings is 1. The third-order valence-corrected chi connectivity index (χ3v) is 5.05. The van der Waals surface area contributed by atoms with Crippen molar-refractivity contribution in [2.45, 2.75) is 18.9 Å². The first-order chi connectivity index (χ1) is 12.2. The molecule has 1 fully saturated rings. The van der Waals surface area contributed by atoms with E-state index in [1.54, 1.807) is 11.0 Å². The minimum absolute atomic E-state index is 0.0376. The molecular formula is C17H15FN4O2S. The van der Waals surface area contributed by atoms with Gasteiger partial charge >= 0.3 is 0 Å². The van der Waals surface area contributed by atoms with Crippen LogP contribution in [0.25, 0.3) is 10.2 Å². The van der Waals surface area contributed by atoms with Crippen LogP contribution >= 0.6 is 11.3 Å². The molecule has 0 radical (unpaired) electrons. The molecule has 0 spiro atoms. The summed E-state index contributed by atoms with van der Waals surface area (Å²) in [5.74, 6) is -0.614. The predicted octanol–water partition coefficient (Wildman–Crippen LogP) is 3.05. The Morgan fingerprint density at radius 2 is 2.32 bits per heavy atom. The van der Waals surface area contributed by atoms with Crippen LogP contribution in [0.4, 0.5) is 9.52 Å². The fourth-order valence-electron chi connectivity index (χ4n) is 2.79. The molecule has 1 unspecified atom stereocenters. The van der Waals surface area contributed by atoms with Crippen LogP contribution in [0.3, 0.4) is 0 Å². The summed E-state index contributed by atoms with van der Waals surface area (Å²) < 4.78 is 19.8.